The predicted octanol–water partition coefficient (Wildman–Crippen LogP) is 4.59. The SMILES string of the molecule is O=C(c1ccc2ncsc2c1)N(CCn1cccn1)c1nc2ccc(F)cc2s1. The molecule has 144 valence electrons. The van der Waals surface area contributed by atoms with E-state index in [9.17, 15) is 9.18 Å². The van der Waals surface area contributed by atoms with Gasteiger partial charge < -0.3 is 0 Å². The summed E-state index contributed by atoms with van der Waals surface area (Å²) in [6.45, 7) is 0.912. The zero-order valence-electron chi connectivity index (χ0n) is 15.0. The molecule has 0 bridgehead atoms. The average Bonchev–Trinajstić information content (AvgIpc) is 3.47. The summed E-state index contributed by atoms with van der Waals surface area (Å²) in [5.74, 6) is -0.482. The van der Waals surface area contributed by atoms with E-state index in [2.05, 4.69) is 15.1 Å². The summed E-state index contributed by atoms with van der Waals surface area (Å²) in [6.07, 6.45) is 3.55. The lowest BCUT2D eigenvalue weighted by atomic mass is 10.2. The Balaban J connectivity index is 1.53. The third-order valence-electron chi connectivity index (χ3n) is 4.51. The summed E-state index contributed by atoms with van der Waals surface area (Å²) in [5, 5.41) is 4.74. The van der Waals surface area contributed by atoms with Crippen molar-refractivity contribution in [3.05, 3.63) is 71.7 Å². The number of hydrogen-bond donors (Lipinski definition) is 0. The number of carbonyl (C=O) groups excluding carboxylic acids is 1. The van der Waals surface area contributed by atoms with Crippen LogP contribution in [0.2, 0.25) is 0 Å². The van der Waals surface area contributed by atoms with Gasteiger partial charge in [0.1, 0.15) is 5.82 Å². The zero-order chi connectivity index (χ0) is 19.8. The maximum atomic E-state index is 13.6. The minimum atomic E-state index is -0.322. The zero-order valence-corrected chi connectivity index (χ0v) is 16.7. The van der Waals surface area contributed by atoms with Gasteiger partial charge in [-0.3, -0.25) is 14.4 Å². The topological polar surface area (TPSA) is 63.9 Å². The normalized spacial score (nSPS) is 11.3. The molecule has 29 heavy (non-hydrogen) atoms. The lowest BCUT2D eigenvalue weighted by molar-refractivity contribution is 0.0986. The second kappa shape index (κ2) is 7.34. The Morgan fingerprint density at radius 3 is 2.90 bits per heavy atom. The van der Waals surface area contributed by atoms with E-state index in [-0.39, 0.29) is 11.7 Å². The maximum absolute atomic E-state index is 13.6. The van der Waals surface area contributed by atoms with Crippen LogP contribution >= 0.6 is 22.7 Å². The van der Waals surface area contributed by atoms with Gasteiger partial charge in [-0.1, -0.05) is 11.3 Å². The van der Waals surface area contributed by atoms with E-state index in [1.54, 1.807) is 33.4 Å². The van der Waals surface area contributed by atoms with E-state index in [0.717, 1.165) is 10.2 Å². The second-order valence-corrected chi connectivity index (χ2v) is 8.26. The molecule has 0 aliphatic carbocycles. The molecule has 9 heteroatoms. The molecule has 3 aromatic heterocycles. The molecular formula is C20H14FN5OS2. The second-order valence-electron chi connectivity index (χ2n) is 6.37. The molecule has 5 aromatic rings. The molecule has 5 rings (SSSR count). The number of benzene rings is 2. The quantitative estimate of drug-likeness (QED) is 0.415. The van der Waals surface area contributed by atoms with Crippen molar-refractivity contribution in [2.45, 2.75) is 6.54 Å². The highest BCUT2D eigenvalue weighted by atomic mass is 32.1. The molecule has 0 N–H and O–H groups in total. The monoisotopic (exact) mass is 423 g/mol. The van der Waals surface area contributed by atoms with Crippen LogP contribution < -0.4 is 4.90 Å². The van der Waals surface area contributed by atoms with Crippen molar-refractivity contribution >= 4 is 54.1 Å². The summed E-state index contributed by atoms with van der Waals surface area (Å²) in [5.41, 5.74) is 3.86. The molecule has 0 fully saturated rings. The van der Waals surface area contributed by atoms with Crippen LogP contribution in [0.25, 0.3) is 20.4 Å². The Hall–Kier alpha value is -3.17. The summed E-state index contributed by atoms with van der Waals surface area (Å²) < 4.78 is 17.0. The number of anilines is 1. The van der Waals surface area contributed by atoms with Gasteiger partial charge in [0.25, 0.3) is 5.91 Å². The first-order chi connectivity index (χ1) is 14.2. The fourth-order valence-corrected chi connectivity index (χ4v) is 4.80. The third-order valence-corrected chi connectivity index (χ3v) is 6.34. The maximum Gasteiger partial charge on any atom is 0.260 e. The number of rotatable bonds is 5. The number of halogens is 1. The lowest BCUT2D eigenvalue weighted by Gasteiger charge is -2.20. The summed E-state index contributed by atoms with van der Waals surface area (Å²) in [4.78, 5) is 23.9. The van der Waals surface area contributed by atoms with Crippen LogP contribution in [0, 0.1) is 5.82 Å². The molecular weight excluding hydrogens is 409 g/mol. The molecule has 0 saturated heterocycles. The molecule has 1 amide bonds. The van der Waals surface area contributed by atoms with Crippen LogP contribution in [0.5, 0.6) is 0 Å². The molecule has 0 radical (unpaired) electrons. The highest BCUT2D eigenvalue weighted by molar-refractivity contribution is 7.22. The average molecular weight is 423 g/mol. The fraction of sp³-hybridized carbons (Fsp3) is 0.100. The van der Waals surface area contributed by atoms with E-state index < -0.39 is 0 Å². The molecule has 0 aliphatic heterocycles. The number of carbonyl (C=O) groups is 1. The van der Waals surface area contributed by atoms with Gasteiger partial charge in [0, 0.05) is 24.5 Å². The number of fused-ring (bicyclic) bond motifs is 2. The Morgan fingerprint density at radius 2 is 2.03 bits per heavy atom. The molecule has 0 unspecified atom stereocenters. The Labute approximate surface area is 172 Å². The van der Waals surface area contributed by atoms with Gasteiger partial charge in [-0.2, -0.15) is 5.10 Å². The largest absolute Gasteiger partial charge is 0.282 e. The van der Waals surface area contributed by atoms with Gasteiger partial charge >= 0.3 is 0 Å². The first-order valence-electron chi connectivity index (χ1n) is 8.86. The van der Waals surface area contributed by atoms with Crippen LogP contribution in [0.4, 0.5) is 9.52 Å². The van der Waals surface area contributed by atoms with Crippen LogP contribution in [-0.4, -0.2) is 32.2 Å². The van der Waals surface area contributed by atoms with Crippen LogP contribution in [0.1, 0.15) is 10.4 Å². The summed E-state index contributed by atoms with van der Waals surface area (Å²) in [7, 11) is 0. The Morgan fingerprint density at radius 1 is 1.14 bits per heavy atom. The molecule has 0 spiro atoms. The third kappa shape index (κ3) is 3.50. The Kier molecular flexibility index (Phi) is 4.53. The van der Waals surface area contributed by atoms with Crippen molar-refractivity contribution in [2.24, 2.45) is 0 Å². The van der Waals surface area contributed by atoms with Gasteiger partial charge in [0.05, 0.1) is 32.5 Å². The molecule has 0 aliphatic rings. The number of thiazole rings is 2. The minimum Gasteiger partial charge on any atom is -0.282 e. The number of aromatic nitrogens is 4. The molecule has 0 saturated carbocycles. The van der Waals surface area contributed by atoms with E-state index >= 15 is 0 Å². The van der Waals surface area contributed by atoms with Crippen molar-refractivity contribution in [3.63, 3.8) is 0 Å². The fourth-order valence-electron chi connectivity index (χ4n) is 3.06. The lowest BCUT2D eigenvalue weighted by Crippen LogP contribution is -2.34. The first kappa shape index (κ1) is 17.9. The van der Waals surface area contributed by atoms with E-state index in [1.165, 1.54) is 34.8 Å². The van der Waals surface area contributed by atoms with E-state index in [0.29, 0.717) is 34.0 Å². The number of amides is 1. The van der Waals surface area contributed by atoms with Gasteiger partial charge in [-0.15, -0.1) is 11.3 Å². The van der Waals surface area contributed by atoms with Crippen molar-refractivity contribution in [3.8, 4) is 0 Å². The molecule has 2 aromatic carbocycles. The molecule has 0 atom stereocenters. The van der Waals surface area contributed by atoms with Crippen LogP contribution in [-0.2, 0) is 6.54 Å². The van der Waals surface area contributed by atoms with Crippen molar-refractivity contribution in [1.82, 2.24) is 19.7 Å². The van der Waals surface area contributed by atoms with Crippen molar-refractivity contribution in [2.75, 3.05) is 11.4 Å². The van der Waals surface area contributed by atoms with Crippen LogP contribution in [0.15, 0.2) is 60.4 Å². The van der Waals surface area contributed by atoms with E-state index in [4.69, 9.17) is 0 Å². The minimum absolute atomic E-state index is 0.160. The first-order valence-corrected chi connectivity index (χ1v) is 10.6. The standard InChI is InChI=1S/C20H14FN5OS2/c21-14-3-5-16-18(11-14)29-20(24-16)26(9-8-25-7-1-6-23-25)19(27)13-2-4-15-17(10-13)28-12-22-15/h1-7,10-12H,8-9H2. The number of nitrogens with zero attached hydrogens (tertiary/aromatic N) is 5. The van der Waals surface area contributed by atoms with Crippen LogP contribution in [0.3, 0.4) is 0 Å². The Bertz CT molecular complexity index is 1310. The predicted molar refractivity (Wildman–Crippen MR) is 113 cm³/mol. The van der Waals surface area contributed by atoms with E-state index in [1.807, 2.05) is 24.4 Å². The van der Waals surface area contributed by atoms with Crippen molar-refractivity contribution < 1.29 is 9.18 Å². The number of hydrogen-bond acceptors (Lipinski definition) is 6. The highest BCUT2D eigenvalue weighted by Crippen LogP contribution is 2.31. The van der Waals surface area contributed by atoms with Gasteiger partial charge in [-0.25, -0.2) is 14.4 Å². The summed E-state index contributed by atoms with van der Waals surface area (Å²) in [6, 6.07) is 11.8. The smallest absolute Gasteiger partial charge is 0.260 e. The van der Waals surface area contributed by atoms with Crippen molar-refractivity contribution in [1.29, 1.82) is 0 Å². The molecule has 3 heterocycles. The highest BCUT2D eigenvalue weighted by Gasteiger charge is 2.22. The van der Waals surface area contributed by atoms with Gasteiger partial charge in [0.2, 0.25) is 0 Å². The van der Waals surface area contributed by atoms with Gasteiger partial charge in [-0.05, 0) is 42.5 Å². The summed E-state index contributed by atoms with van der Waals surface area (Å²) >= 11 is 2.79. The van der Waals surface area contributed by atoms with Gasteiger partial charge in [0.15, 0.2) is 5.13 Å². The molecule has 6 nitrogen and oxygen atoms in total.